The van der Waals surface area contributed by atoms with Crippen molar-refractivity contribution in [1.82, 2.24) is 15.2 Å². The highest BCUT2D eigenvalue weighted by molar-refractivity contribution is 5.92. The van der Waals surface area contributed by atoms with Crippen LogP contribution in [-0.4, -0.2) is 49.0 Å². The molecule has 2 unspecified atom stereocenters. The highest BCUT2D eigenvalue weighted by Crippen LogP contribution is 2.54. The first-order valence-corrected chi connectivity index (χ1v) is 11.8. The number of pyridine rings is 1. The van der Waals surface area contributed by atoms with E-state index in [1.165, 1.54) is 19.3 Å². The lowest BCUT2D eigenvalue weighted by Crippen LogP contribution is -2.47. The number of hydrogen-bond donors (Lipinski definition) is 1. The molecule has 2 aliphatic rings. The third-order valence-corrected chi connectivity index (χ3v) is 7.97. The van der Waals surface area contributed by atoms with Gasteiger partial charge in [-0.25, -0.2) is 4.98 Å². The summed E-state index contributed by atoms with van der Waals surface area (Å²) in [6.07, 6.45) is 5.51. The minimum Gasteiger partial charge on any atom is -0.368 e. The van der Waals surface area contributed by atoms with E-state index >= 15 is 0 Å². The minimum absolute atomic E-state index is 0.142. The second kappa shape index (κ2) is 8.99. The molecule has 0 bridgehead atoms. The number of anilines is 1. The van der Waals surface area contributed by atoms with Gasteiger partial charge in [-0.3, -0.25) is 9.69 Å². The average Bonchev–Trinajstić information content (AvgIpc) is 3.23. The normalized spacial score (nSPS) is 21.7. The van der Waals surface area contributed by atoms with Crippen molar-refractivity contribution in [2.45, 2.75) is 52.0 Å². The van der Waals surface area contributed by atoms with E-state index < -0.39 is 0 Å². The third-order valence-electron chi connectivity index (χ3n) is 7.97. The molecule has 1 fully saturated rings. The summed E-state index contributed by atoms with van der Waals surface area (Å²) in [7, 11) is 1.63. The number of nitrogens with zero attached hydrogens (tertiary/aromatic N) is 3. The van der Waals surface area contributed by atoms with Gasteiger partial charge in [0.05, 0.1) is 11.9 Å². The molecule has 1 N–H and O–H groups in total. The number of rotatable bonds is 6. The summed E-state index contributed by atoms with van der Waals surface area (Å²) in [5, 5.41) is 2.63. The van der Waals surface area contributed by atoms with Crippen LogP contribution in [0.25, 0.3) is 0 Å². The van der Waals surface area contributed by atoms with Crippen LogP contribution in [0.3, 0.4) is 0 Å². The van der Waals surface area contributed by atoms with E-state index in [1.54, 1.807) is 18.2 Å². The van der Waals surface area contributed by atoms with Gasteiger partial charge in [0.25, 0.3) is 5.91 Å². The van der Waals surface area contributed by atoms with Crippen LogP contribution >= 0.6 is 0 Å². The van der Waals surface area contributed by atoms with Gasteiger partial charge in [-0.1, -0.05) is 57.9 Å². The summed E-state index contributed by atoms with van der Waals surface area (Å²) < 4.78 is 0. The Bertz CT molecular complexity index is 898. The lowest BCUT2D eigenvalue weighted by atomic mass is 9.70. The molecule has 2 atom stereocenters. The summed E-state index contributed by atoms with van der Waals surface area (Å²) in [4.78, 5) is 21.2. The average molecular weight is 421 g/mol. The molecule has 31 heavy (non-hydrogen) atoms. The number of nitrogens with one attached hydrogen (secondary N) is 1. The molecule has 1 aliphatic carbocycles. The smallest absolute Gasteiger partial charge is 0.269 e. The Labute approximate surface area is 186 Å². The number of aromatic nitrogens is 1. The summed E-state index contributed by atoms with van der Waals surface area (Å²) in [6, 6.07) is 13.5. The first-order valence-electron chi connectivity index (χ1n) is 11.8. The van der Waals surface area contributed by atoms with Gasteiger partial charge in [0.2, 0.25) is 0 Å². The first-order chi connectivity index (χ1) is 15.0. The monoisotopic (exact) mass is 420 g/mol. The molecule has 1 aliphatic heterocycles. The Morgan fingerprint density at radius 3 is 2.32 bits per heavy atom. The largest absolute Gasteiger partial charge is 0.368 e. The van der Waals surface area contributed by atoms with Gasteiger partial charge in [-0.05, 0) is 41.0 Å². The van der Waals surface area contributed by atoms with Gasteiger partial charge in [0, 0.05) is 39.3 Å². The van der Waals surface area contributed by atoms with E-state index in [2.05, 4.69) is 65.1 Å². The van der Waals surface area contributed by atoms with Crippen molar-refractivity contribution in [3.8, 4) is 0 Å². The molecule has 0 saturated carbocycles. The molecule has 0 spiro atoms. The van der Waals surface area contributed by atoms with Crippen molar-refractivity contribution in [1.29, 1.82) is 0 Å². The maximum absolute atomic E-state index is 11.7. The molecule has 166 valence electrons. The van der Waals surface area contributed by atoms with Crippen LogP contribution in [0.15, 0.2) is 42.6 Å². The number of carbonyl (C=O) groups is 1. The molecule has 1 amide bonds. The van der Waals surface area contributed by atoms with Crippen molar-refractivity contribution < 1.29 is 4.79 Å². The van der Waals surface area contributed by atoms with Crippen LogP contribution in [0.4, 0.5) is 5.69 Å². The summed E-state index contributed by atoms with van der Waals surface area (Å²) in [5.74, 6) is 0.500. The number of amides is 1. The molecule has 1 aromatic heterocycles. The fourth-order valence-corrected chi connectivity index (χ4v) is 5.48. The van der Waals surface area contributed by atoms with Crippen molar-refractivity contribution in [3.63, 3.8) is 0 Å². The van der Waals surface area contributed by atoms with E-state index in [9.17, 15) is 4.79 Å². The van der Waals surface area contributed by atoms with E-state index in [-0.39, 0.29) is 5.91 Å². The predicted molar refractivity (Wildman–Crippen MR) is 127 cm³/mol. The molecular weight excluding hydrogens is 384 g/mol. The minimum atomic E-state index is -0.142. The number of fused-ring (bicyclic) bond motifs is 1. The van der Waals surface area contributed by atoms with Crippen molar-refractivity contribution in [3.05, 3.63) is 59.4 Å². The van der Waals surface area contributed by atoms with Crippen LogP contribution < -0.4 is 10.2 Å². The van der Waals surface area contributed by atoms with Gasteiger partial charge in [-0.15, -0.1) is 0 Å². The molecule has 2 heterocycles. The van der Waals surface area contributed by atoms with E-state index in [0.29, 0.717) is 23.1 Å². The summed E-state index contributed by atoms with van der Waals surface area (Å²) >= 11 is 0. The zero-order valence-corrected chi connectivity index (χ0v) is 19.4. The summed E-state index contributed by atoms with van der Waals surface area (Å²) in [5.41, 5.74) is 5.06. The predicted octanol–water partition coefficient (Wildman–Crippen LogP) is 4.62. The Balaban J connectivity index is 1.46. The van der Waals surface area contributed by atoms with Crippen LogP contribution in [0.2, 0.25) is 0 Å². The molecule has 5 nitrogen and oxygen atoms in total. The highest BCUT2D eigenvalue weighted by atomic mass is 16.1. The van der Waals surface area contributed by atoms with Crippen LogP contribution in [0, 0.1) is 5.41 Å². The standard InChI is InChI=1S/C26H36N4O/c1-5-26(3,6-2)22-17-24(21-10-8-7-9-20(21)22)30-15-13-29(14-16-30)19-11-12-23(28-18-19)25(31)27-4/h7-12,18,22,24H,5-6,13-17H2,1-4H3,(H,27,31). The van der Waals surface area contributed by atoms with Gasteiger partial charge in [-0.2, -0.15) is 0 Å². The number of benzene rings is 1. The van der Waals surface area contributed by atoms with E-state index in [4.69, 9.17) is 0 Å². The van der Waals surface area contributed by atoms with Crippen molar-refractivity contribution in [2.75, 3.05) is 38.1 Å². The van der Waals surface area contributed by atoms with Crippen molar-refractivity contribution >= 4 is 11.6 Å². The van der Waals surface area contributed by atoms with E-state index in [1.807, 2.05) is 18.3 Å². The number of carbonyl (C=O) groups excluding carboxylic acids is 1. The molecule has 5 heteroatoms. The zero-order valence-electron chi connectivity index (χ0n) is 19.4. The van der Waals surface area contributed by atoms with Crippen LogP contribution in [-0.2, 0) is 0 Å². The topological polar surface area (TPSA) is 48.5 Å². The van der Waals surface area contributed by atoms with Gasteiger partial charge in [0.1, 0.15) is 5.69 Å². The first kappa shape index (κ1) is 21.8. The maximum atomic E-state index is 11.7. The van der Waals surface area contributed by atoms with Crippen LogP contribution in [0.1, 0.15) is 73.6 Å². The maximum Gasteiger partial charge on any atom is 0.269 e. The van der Waals surface area contributed by atoms with Gasteiger partial charge >= 0.3 is 0 Å². The van der Waals surface area contributed by atoms with E-state index in [0.717, 1.165) is 31.9 Å². The second-order valence-corrected chi connectivity index (χ2v) is 9.30. The lowest BCUT2D eigenvalue weighted by molar-refractivity contribution is 0.0958. The molecular formula is C26H36N4O. The number of hydrogen-bond acceptors (Lipinski definition) is 4. The molecule has 0 radical (unpaired) electrons. The third kappa shape index (κ3) is 4.08. The highest BCUT2D eigenvalue weighted by Gasteiger charge is 2.42. The Morgan fingerprint density at radius 2 is 1.74 bits per heavy atom. The Morgan fingerprint density at radius 1 is 1.06 bits per heavy atom. The second-order valence-electron chi connectivity index (χ2n) is 9.30. The van der Waals surface area contributed by atoms with Gasteiger partial charge in [0.15, 0.2) is 0 Å². The lowest BCUT2D eigenvalue weighted by Gasteiger charge is -2.40. The van der Waals surface area contributed by atoms with Crippen LogP contribution in [0.5, 0.6) is 0 Å². The molecule has 1 saturated heterocycles. The fourth-order valence-electron chi connectivity index (χ4n) is 5.48. The Kier molecular flexibility index (Phi) is 6.33. The SMILES string of the molecule is CCC(C)(CC)C1CC(N2CCN(c3ccc(C(=O)NC)nc3)CC2)c2ccccc21. The fraction of sp³-hybridized carbons (Fsp3) is 0.538. The number of piperazine rings is 1. The Hall–Kier alpha value is -2.40. The zero-order chi connectivity index (χ0) is 22.0. The summed E-state index contributed by atoms with van der Waals surface area (Å²) in [6.45, 7) is 11.3. The van der Waals surface area contributed by atoms with Crippen molar-refractivity contribution in [2.24, 2.45) is 5.41 Å². The van der Waals surface area contributed by atoms with Gasteiger partial charge < -0.3 is 10.2 Å². The quantitative estimate of drug-likeness (QED) is 0.741. The molecule has 2 aromatic rings. The molecule has 4 rings (SSSR count). The molecule has 1 aromatic carbocycles.